The molecule has 0 aliphatic heterocycles. The maximum atomic E-state index is 6.25. The summed E-state index contributed by atoms with van der Waals surface area (Å²) in [6, 6.07) is 25.2. The third-order valence-corrected chi connectivity index (χ3v) is 12.4. The molecule has 0 N–H and O–H groups in total. The van der Waals surface area contributed by atoms with E-state index >= 15 is 0 Å². The first-order valence-corrected chi connectivity index (χ1v) is 20.6. The van der Waals surface area contributed by atoms with E-state index in [2.05, 4.69) is 191 Å². The van der Waals surface area contributed by atoms with Crippen LogP contribution in [0.1, 0.15) is 53.4 Å². The molecule has 4 aromatic carbocycles. The molecule has 0 radical (unpaired) electrons. The van der Waals surface area contributed by atoms with Crippen molar-refractivity contribution in [3.8, 4) is 34.5 Å². The molecule has 2 atom stereocenters. The molecule has 0 spiro atoms. The molecule has 4 rings (SSSR count). The summed E-state index contributed by atoms with van der Waals surface area (Å²) in [4.78, 5) is 0. The van der Waals surface area contributed by atoms with E-state index in [1.165, 1.54) is 7.14 Å². The summed E-state index contributed by atoms with van der Waals surface area (Å²) in [5, 5.41) is 0. The number of benzene rings is 4. The number of rotatable bonds is 14. The van der Waals surface area contributed by atoms with Gasteiger partial charge in [-0.3, -0.25) is 0 Å². The van der Waals surface area contributed by atoms with Crippen LogP contribution >= 0.6 is 90.4 Å². The number of ether oxygens (including phenoxy) is 4. The van der Waals surface area contributed by atoms with Gasteiger partial charge in [0.25, 0.3) is 0 Å². The maximum Gasteiger partial charge on any atom is 0.357 e. The molecule has 0 fully saturated rings. The summed E-state index contributed by atoms with van der Waals surface area (Å²) < 4.78 is 31.6. The van der Waals surface area contributed by atoms with Gasteiger partial charge in [0.1, 0.15) is 34.5 Å². The number of halogens is 5. The van der Waals surface area contributed by atoms with Gasteiger partial charge in [0, 0.05) is 0 Å². The van der Waals surface area contributed by atoms with E-state index in [0.29, 0.717) is 0 Å². The fourth-order valence-corrected chi connectivity index (χ4v) is 8.62. The monoisotopic (exact) mass is 1140 g/mol. The maximum absolute atomic E-state index is 6.25. The van der Waals surface area contributed by atoms with Crippen molar-refractivity contribution in [2.24, 2.45) is 0 Å². The van der Waals surface area contributed by atoms with Gasteiger partial charge in [0.15, 0.2) is 7.14 Å². The molecule has 0 saturated carbocycles. The van der Waals surface area contributed by atoms with Crippen molar-refractivity contribution < 1.29 is 40.2 Å². The first-order valence-electron chi connectivity index (χ1n) is 14.2. The zero-order valence-electron chi connectivity index (χ0n) is 24.4. The molecule has 43 heavy (non-hydrogen) atoms. The average Bonchev–Trinajstić information content (AvgIpc) is 2.96. The number of hydrogen-bond acceptors (Lipinski definition) is 4. The lowest BCUT2D eigenvalue weighted by molar-refractivity contribution is -0.597. The Morgan fingerprint density at radius 1 is 0.535 bits per heavy atom. The van der Waals surface area contributed by atoms with Crippen molar-refractivity contribution in [3.05, 3.63) is 94.2 Å². The minimum Gasteiger partial charge on any atom is -0.490 e. The Hall–Kier alpha value is -0.270. The minimum absolute atomic E-state index is 0.199. The predicted octanol–water partition coefficient (Wildman–Crippen LogP) is 8.95. The third-order valence-electron chi connectivity index (χ3n) is 6.32. The summed E-state index contributed by atoms with van der Waals surface area (Å²) in [7, 11) is 0. The van der Waals surface area contributed by atoms with Crippen molar-refractivity contribution in [1.29, 1.82) is 0 Å². The highest BCUT2D eigenvalue weighted by molar-refractivity contribution is 14.1. The van der Waals surface area contributed by atoms with Crippen molar-refractivity contribution in [2.45, 2.75) is 65.6 Å². The Kier molecular flexibility index (Phi) is 14.6. The third kappa shape index (κ3) is 10.9. The van der Waals surface area contributed by atoms with Crippen LogP contribution in [0.15, 0.2) is 72.8 Å². The van der Waals surface area contributed by atoms with Gasteiger partial charge >= 0.3 is 21.2 Å². The lowest BCUT2D eigenvalue weighted by atomic mass is 10.2. The van der Waals surface area contributed by atoms with Crippen molar-refractivity contribution in [3.63, 3.8) is 0 Å². The zero-order valence-corrected chi connectivity index (χ0v) is 35.2. The Morgan fingerprint density at radius 2 is 0.860 bits per heavy atom. The van der Waals surface area contributed by atoms with E-state index in [1.807, 2.05) is 0 Å². The second-order valence-electron chi connectivity index (χ2n) is 10.1. The molecule has 0 aromatic heterocycles. The second-order valence-corrected chi connectivity index (χ2v) is 17.7. The van der Waals surface area contributed by atoms with Gasteiger partial charge in [0.2, 0.25) is 0 Å². The molecule has 4 aromatic rings. The second kappa shape index (κ2) is 17.6. The van der Waals surface area contributed by atoms with Gasteiger partial charge in [-0.1, -0.05) is 26.7 Å². The Morgan fingerprint density at radius 3 is 1.21 bits per heavy atom. The van der Waals surface area contributed by atoms with Gasteiger partial charge in [-0.15, -0.1) is 0 Å². The average molecular weight is 1140 g/mol. The SMILES string of the molecule is CCCC(C)Oc1cc(I)c(Oc2ccc([I+]c3ccc(Oc4cc(I)c(OC(C)CCC)cc4I)cc3)cc2)cc1I. The Bertz CT molecular complexity index is 1380. The molecule has 0 aliphatic carbocycles. The highest BCUT2D eigenvalue weighted by Gasteiger charge is 2.18. The lowest BCUT2D eigenvalue weighted by Crippen LogP contribution is -3.61. The summed E-state index contributed by atoms with van der Waals surface area (Å²) in [6.45, 7) is 8.60. The highest BCUT2D eigenvalue weighted by Crippen LogP contribution is 2.36. The van der Waals surface area contributed by atoms with Gasteiger partial charge in [-0.05, 0) is 190 Å². The van der Waals surface area contributed by atoms with E-state index in [1.54, 1.807) is 0 Å². The van der Waals surface area contributed by atoms with Crippen LogP contribution in [0, 0.1) is 21.4 Å². The summed E-state index contributed by atoms with van der Waals surface area (Å²) in [6.07, 6.45) is 4.70. The van der Waals surface area contributed by atoms with Crippen LogP contribution in [0.3, 0.4) is 0 Å². The molecular weight excluding hydrogens is 1110 g/mol. The fraction of sp³-hybridized carbons (Fsp3) is 0.294. The zero-order chi connectivity index (χ0) is 30.9. The van der Waals surface area contributed by atoms with Crippen LogP contribution in [-0.4, -0.2) is 12.2 Å². The van der Waals surface area contributed by atoms with Crippen LogP contribution < -0.4 is 40.2 Å². The van der Waals surface area contributed by atoms with Crippen LogP contribution in [-0.2, 0) is 0 Å². The van der Waals surface area contributed by atoms with Crippen LogP contribution in [0.4, 0.5) is 0 Å². The molecular formula is C34H34I5O4+. The first kappa shape index (κ1) is 35.6. The molecule has 0 bridgehead atoms. The van der Waals surface area contributed by atoms with Gasteiger partial charge in [-0.25, -0.2) is 0 Å². The van der Waals surface area contributed by atoms with Crippen molar-refractivity contribution in [1.82, 2.24) is 0 Å². The molecule has 0 amide bonds. The van der Waals surface area contributed by atoms with Gasteiger partial charge < -0.3 is 18.9 Å². The summed E-state index contributed by atoms with van der Waals surface area (Å²) >= 11 is 8.97. The minimum atomic E-state index is -0.324. The van der Waals surface area contributed by atoms with E-state index in [9.17, 15) is 0 Å². The van der Waals surface area contributed by atoms with E-state index in [0.717, 1.165) is 74.5 Å². The largest absolute Gasteiger partial charge is 0.490 e. The molecule has 2 unspecified atom stereocenters. The van der Waals surface area contributed by atoms with Crippen molar-refractivity contribution >= 4 is 90.4 Å². The molecule has 228 valence electrons. The van der Waals surface area contributed by atoms with E-state index in [-0.39, 0.29) is 33.4 Å². The van der Waals surface area contributed by atoms with Gasteiger partial charge in [0.05, 0.1) is 26.5 Å². The molecule has 9 heteroatoms. The normalized spacial score (nSPS) is 12.5. The van der Waals surface area contributed by atoms with E-state index in [4.69, 9.17) is 18.9 Å². The smallest absolute Gasteiger partial charge is 0.357 e. The molecule has 0 heterocycles. The fourth-order valence-electron chi connectivity index (χ4n) is 4.23. The lowest BCUT2D eigenvalue weighted by Gasteiger charge is -2.17. The Labute approximate surface area is 320 Å². The number of hydrogen-bond donors (Lipinski definition) is 0. The van der Waals surface area contributed by atoms with E-state index < -0.39 is 0 Å². The molecule has 0 aliphatic rings. The van der Waals surface area contributed by atoms with Crippen LogP contribution in [0.25, 0.3) is 0 Å². The first-order chi connectivity index (χ1) is 20.6. The summed E-state index contributed by atoms with van der Waals surface area (Å²) in [5.74, 6) is 5.18. The van der Waals surface area contributed by atoms with Gasteiger partial charge in [-0.2, -0.15) is 0 Å². The predicted molar refractivity (Wildman–Crippen MR) is 204 cm³/mol. The molecule has 4 nitrogen and oxygen atoms in total. The summed E-state index contributed by atoms with van der Waals surface area (Å²) in [5.41, 5.74) is 0. The van der Waals surface area contributed by atoms with Crippen LogP contribution in [0.5, 0.6) is 34.5 Å². The van der Waals surface area contributed by atoms with Crippen LogP contribution in [0.2, 0.25) is 0 Å². The van der Waals surface area contributed by atoms with Crippen molar-refractivity contribution in [2.75, 3.05) is 0 Å². The standard InChI is InChI=1S/C34H34I5O4/c1-5-7-21(3)40-31-17-29(37)33(19-27(31)35)42-25-13-9-23(10-14-25)39-24-11-15-26(16-12-24)43-34-20-28(36)32(18-30(34)38)41-22(4)8-6-2/h9-22H,5-8H2,1-4H3/q+1. The molecule has 0 saturated heterocycles. The quantitative estimate of drug-likeness (QED) is 0.118. The Balaban J connectivity index is 1.35. The topological polar surface area (TPSA) is 36.9 Å². The highest BCUT2D eigenvalue weighted by atomic mass is 127.